The van der Waals surface area contributed by atoms with Crippen LogP contribution in [0.2, 0.25) is 0 Å². The van der Waals surface area contributed by atoms with Crippen molar-refractivity contribution in [2.75, 3.05) is 12.4 Å². The Kier molecular flexibility index (Phi) is 4.64. The quantitative estimate of drug-likeness (QED) is 0.921. The third-order valence-corrected chi connectivity index (χ3v) is 5.82. The largest absolute Gasteiger partial charge is 0.326 e. The lowest BCUT2D eigenvalue weighted by molar-refractivity contribution is -0.116. The van der Waals surface area contributed by atoms with Crippen LogP contribution in [-0.4, -0.2) is 30.7 Å². The van der Waals surface area contributed by atoms with E-state index in [-0.39, 0.29) is 17.3 Å². The molecule has 2 heterocycles. The van der Waals surface area contributed by atoms with Crippen molar-refractivity contribution in [1.29, 1.82) is 0 Å². The first kappa shape index (κ1) is 16.6. The van der Waals surface area contributed by atoms with Gasteiger partial charge in [-0.3, -0.25) is 9.78 Å². The summed E-state index contributed by atoms with van der Waals surface area (Å²) in [5.41, 5.74) is 2.24. The number of anilines is 1. The number of hydrogen-bond donors (Lipinski definition) is 1. The standard InChI is InChI=1S/C17H19N3O3S/c1-20(12-14-6-2-3-10-18-14)24(22,23)15-8-9-16-13(11-15)5-4-7-17(21)19-16/h2-3,6,8-11H,4-5,7,12H2,1H3,(H,19,21). The van der Waals surface area contributed by atoms with Crippen molar-refractivity contribution in [2.24, 2.45) is 0 Å². The highest BCUT2D eigenvalue weighted by molar-refractivity contribution is 7.89. The van der Waals surface area contributed by atoms with Crippen LogP contribution in [0.25, 0.3) is 0 Å². The molecule has 24 heavy (non-hydrogen) atoms. The minimum Gasteiger partial charge on any atom is -0.326 e. The summed E-state index contributed by atoms with van der Waals surface area (Å²) in [6, 6.07) is 10.3. The first-order chi connectivity index (χ1) is 11.5. The molecule has 1 aromatic heterocycles. The van der Waals surface area contributed by atoms with Gasteiger partial charge in [-0.2, -0.15) is 4.31 Å². The molecule has 1 N–H and O–H groups in total. The Bertz CT molecular complexity index is 851. The fourth-order valence-corrected chi connectivity index (χ4v) is 3.89. The summed E-state index contributed by atoms with van der Waals surface area (Å²) in [5, 5.41) is 2.81. The van der Waals surface area contributed by atoms with E-state index in [4.69, 9.17) is 0 Å². The minimum absolute atomic E-state index is 0.0309. The number of hydrogen-bond acceptors (Lipinski definition) is 4. The van der Waals surface area contributed by atoms with E-state index in [1.807, 2.05) is 6.07 Å². The lowest BCUT2D eigenvalue weighted by Crippen LogP contribution is -2.27. The van der Waals surface area contributed by atoms with Crippen LogP contribution in [0.15, 0.2) is 47.5 Å². The van der Waals surface area contributed by atoms with Gasteiger partial charge in [0, 0.05) is 25.4 Å². The van der Waals surface area contributed by atoms with Crippen LogP contribution in [0.5, 0.6) is 0 Å². The number of nitrogens with zero attached hydrogens (tertiary/aromatic N) is 2. The molecule has 0 aliphatic carbocycles. The molecule has 0 bridgehead atoms. The zero-order chi connectivity index (χ0) is 17.2. The Labute approximate surface area is 141 Å². The van der Waals surface area contributed by atoms with E-state index >= 15 is 0 Å². The molecule has 0 saturated carbocycles. The molecule has 2 aromatic rings. The summed E-state index contributed by atoms with van der Waals surface area (Å²) in [4.78, 5) is 16.0. The number of pyridine rings is 1. The maximum atomic E-state index is 12.8. The van der Waals surface area contributed by atoms with Gasteiger partial charge in [-0.25, -0.2) is 8.42 Å². The number of sulfonamides is 1. The lowest BCUT2D eigenvalue weighted by Gasteiger charge is -2.18. The fraction of sp³-hybridized carbons (Fsp3) is 0.294. The normalized spacial score (nSPS) is 14.8. The average molecular weight is 345 g/mol. The van der Waals surface area contributed by atoms with Gasteiger partial charge in [0.05, 0.1) is 17.1 Å². The first-order valence-electron chi connectivity index (χ1n) is 7.76. The van der Waals surface area contributed by atoms with Gasteiger partial charge in [-0.15, -0.1) is 0 Å². The van der Waals surface area contributed by atoms with Gasteiger partial charge < -0.3 is 5.32 Å². The summed E-state index contributed by atoms with van der Waals surface area (Å²) in [6.45, 7) is 0.205. The van der Waals surface area contributed by atoms with Crippen molar-refractivity contribution in [2.45, 2.75) is 30.7 Å². The SMILES string of the molecule is CN(Cc1ccccn1)S(=O)(=O)c1ccc2c(c1)CCCC(=O)N2. The number of aryl methyl sites for hydroxylation is 1. The van der Waals surface area contributed by atoms with Gasteiger partial charge in [0.15, 0.2) is 0 Å². The van der Waals surface area contributed by atoms with Crippen LogP contribution in [0.3, 0.4) is 0 Å². The third kappa shape index (κ3) is 3.47. The molecule has 1 aliphatic rings. The second kappa shape index (κ2) is 6.70. The van der Waals surface area contributed by atoms with Gasteiger partial charge in [0.2, 0.25) is 15.9 Å². The van der Waals surface area contributed by atoms with Crippen molar-refractivity contribution in [3.05, 3.63) is 53.9 Å². The number of aromatic nitrogens is 1. The van der Waals surface area contributed by atoms with Gasteiger partial charge >= 0.3 is 0 Å². The van der Waals surface area contributed by atoms with Gasteiger partial charge in [0.1, 0.15) is 0 Å². The van der Waals surface area contributed by atoms with Crippen molar-refractivity contribution in [3.8, 4) is 0 Å². The smallest absolute Gasteiger partial charge is 0.243 e. The first-order valence-corrected chi connectivity index (χ1v) is 9.20. The number of carbonyl (C=O) groups excluding carboxylic acids is 1. The molecular weight excluding hydrogens is 326 g/mol. The average Bonchev–Trinajstić information content (AvgIpc) is 2.75. The molecule has 0 unspecified atom stereocenters. The maximum absolute atomic E-state index is 12.8. The predicted molar refractivity (Wildman–Crippen MR) is 90.9 cm³/mol. The summed E-state index contributed by atoms with van der Waals surface area (Å²) < 4.78 is 26.9. The maximum Gasteiger partial charge on any atom is 0.243 e. The molecule has 1 aliphatic heterocycles. The Balaban J connectivity index is 1.87. The Morgan fingerprint density at radius 1 is 1.21 bits per heavy atom. The summed E-state index contributed by atoms with van der Waals surface area (Å²) in [5.74, 6) is -0.0309. The number of benzene rings is 1. The number of amides is 1. The predicted octanol–water partition coefficient (Wildman–Crippen LogP) is 2.18. The molecule has 3 rings (SSSR count). The minimum atomic E-state index is -3.62. The molecular formula is C17H19N3O3S. The van der Waals surface area contributed by atoms with Gasteiger partial charge in [-0.05, 0) is 48.7 Å². The highest BCUT2D eigenvalue weighted by Gasteiger charge is 2.23. The second-order valence-corrected chi connectivity index (χ2v) is 7.85. The van der Waals surface area contributed by atoms with Crippen molar-refractivity contribution < 1.29 is 13.2 Å². The van der Waals surface area contributed by atoms with Crippen LogP contribution >= 0.6 is 0 Å². The van der Waals surface area contributed by atoms with E-state index in [9.17, 15) is 13.2 Å². The Morgan fingerprint density at radius 3 is 2.79 bits per heavy atom. The van der Waals surface area contributed by atoms with Crippen LogP contribution in [0.4, 0.5) is 5.69 Å². The van der Waals surface area contributed by atoms with Crippen LogP contribution in [-0.2, 0) is 27.8 Å². The van der Waals surface area contributed by atoms with E-state index in [0.29, 0.717) is 30.6 Å². The molecule has 1 amide bonds. The van der Waals surface area contributed by atoms with E-state index < -0.39 is 10.0 Å². The fourth-order valence-electron chi connectivity index (χ4n) is 2.70. The molecule has 6 nitrogen and oxygen atoms in total. The number of nitrogens with one attached hydrogen (secondary N) is 1. The van der Waals surface area contributed by atoms with E-state index in [2.05, 4.69) is 10.3 Å². The van der Waals surface area contributed by atoms with Gasteiger partial charge in [-0.1, -0.05) is 6.07 Å². The molecule has 7 heteroatoms. The van der Waals surface area contributed by atoms with Crippen LogP contribution < -0.4 is 5.32 Å². The Morgan fingerprint density at radius 2 is 2.04 bits per heavy atom. The highest BCUT2D eigenvalue weighted by atomic mass is 32.2. The molecule has 0 spiro atoms. The number of fused-ring (bicyclic) bond motifs is 1. The second-order valence-electron chi connectivity index (χ2n) is 5.80. The third-order valence-electron chi connectivity index (χ3n) is 4.02. The van der Waals surface area contributed by atoms with E-state index in [1.165, 1.54) is 17.4 Å². The molecule has 0 fully saturated rings. The zero-order valence-corrected chi connectivity index (χ0v) is 14.2. The topological polar surface area (TPSA) is 79.4 Å². The van der Waals surface area contributed by atoms with Gasteiger partial charge in [0.25, 0.3) is 0 Å². The van der Waals surface area contributed by atoms with Crippen LogP contribution in [0, 0.1) is 0 Å². The zero-order valence-electron chi connectivity index (χ0n) is 13.4. The molecule has 126 valence electrons. The Hall–Kier alpha value is -2.25. The van der Waals surface area contributed by atoms with Crippen molar-refractivity contribution in [3.63, 3.8) is 0 Å². The lowest BCUT2D eigenvalue weighted by atomic mass is 10.1. The molecule has 0 radical (unpaired) electrons. The monoisotopic (exact) mass is 345 g/mol. The summed E-state index contributed by atoms with van der Waals surface area (Å²) >= 11 is 0. The van der Waals surface area contributed by atoms with Crippen molar-refractivity contribution in [1.82, 2.24) is 9.29 Å². The molecule has 0 saturated heterocycles. The number of rotatable bonds is 4. The molecule has 1 aromatic carbocycles. The van der Waals surface area contributed by atoms with E-state index in [0.717, 1.165) is 5.56 Å². The molecule has 0 atom stereocenters. The summed E-state index contributed by atoms with van der Waals surface area (Å²) in [6.07, 6.45) is 3.49. The van der Waals surface area contributed by atoms with Crippen LogP contribution in [0.1, 0.15) is 24.1 Å². The number of carbonyl (C=O) groups is 1. The highest BCUT2D eigenvalue weighted by Crippen LogP contribution is 2.26. The summed E-state index contributed by atoms with van der Waals surface area (Å²) in [7, 11) is -2.08. The van der Waals surface area contributed by atoms with E-state index in [1.54, 1.807) is 30.5 Å². The van der Waals surface area contributed by atoms with Crippen molar-refractivity contribution >= 4 is 21.6 Å².